The molecule has 0 radical (unpaired) electrons. The number of hydrogen-bond donors (Lipinski definition) is 5. The SMILES string of the molecule is C[C@]1(CO)O[C@@](C#N)(n2ccc(=O)nc2NO)[C@H](O)[C@@H]1O. The predicted molar refractivity (Wildman–Crippen MR) is 66.1 cm³/mol. The lowest BCUT2D eigenvalue weighted by Crippen LogP contribution is -2.46. The number of ether oxygens (including phenoxy) is 1. The molecule has 0 aromatic carbocycles. The number of hydrogen-bond acceptors (Lipinski definition) is 9. The van der Waals surface area contributed by atoms with Crippen molar-refractivity contribution in [2.75, 3.05) is 12.1 Å². The van der Waals surface area contributed by atoms with Crippen molar-refractivity contribution in [3.8, 4) is 6.07 Å². The van der Waals surface area contributed by atoms with E-state index in [0.29, 0.717) is 0 Å². The lowest BCUT2D eigenvalue weighted by molar-refractivity contribution is -0.151. The van der Waals surface area contributed by atoms with E-state index >= 15 is 0 Å². The molecular weight excluding hydrogens is 284 g/mol. The van der Waals surface area contributed by atoms with Gasteiger partial charge in [-0.05, 0) is 6.92 Å². The summed E-state index contributed by atoms with van der Waals surface area (Å²) in [4.78, 5) is 14.6. The van der Waals surface area contributed by atoms with Crippen LogP contribution in [0, 0.1) is 11.3 Å². The molecule has 1 aromatic rings. The number of anilines is 1. The van der Waals surface area contributed by atoms with E-state index in [2.05, 4.69) is 4.98 Å². The first-order chi connectivity index (χ1) is 9.84. The summed E-state index contributed by atoms with van der Waals surface area (Å²) in [6.07, 6.45) is -2.26. The van der Waals surface area contributed by atoms with Gasteiger partial charge in [0.2, 0.25) is 5.95 Å². The maximum atomic E-state index is 11.2. The molecule has 4 atom stereocenters. The highest BCUT2D eigenvalue weighted by molar-refractivity contribution is 5.28. The lowest BCUT2D eigenvalue weighted by atomic mass is 9.95. The molecule has 1 saturated heterocycles. The number of nitrogens with zero attached hydrogens (tertiary/aromatic N) is 3. The third-order valence-electron chi connectivity index (χ3n) is 3.46. The van der Waals surface area contributed by atoms with Crippen LogP contribution in [0.2, 0.25) is 0 Å². The average molecular weight is 298 g/mol. The molecule has 1 aliphatic heterocycles. The van der Waals surface area contributed by atoms with Gasteiger partial charge in [-0.25, -0.2) is 5.48 Å². The van der Waals surface area contributed by atoms with Gasteiger partial charge in [0.15, 0.2) is 0 Å². The van der Waals surface area contributed by atoms with E-state index in [4.69, 9.17) is 9.94 Å². The van der Waals surface area contributed by atoms with Crippen LogP contribution in [0.15, 0.2) is 17.1 Å². The van der Waals surface area contributed by atoms with Crippen molar-refractivity contribution in [1.82, 2.24) is 9.55 Å². The van der Waals surface area contributed by atoms with Crippen molar-refractivity contribution in [3.05, 3.63) is 22.6 Å². The van der Waals surface area contributed by atoms with Gasteiger partial charge >= 0.3 is 0 Å². The second-order valence-electron chi connectivity index (χ2n) is 4.84. The Hall–Kier alpha value is -2.03. The van der Waals surface area contributed by atoms with Gasteiger partial charge in [-0.2, -0.15) is 10.2 Å². The van der Waals surface area contributed by atoms with Gasteiger partial charge in [-0.1, -0.05) is 0 Å². The van der Waals surface area contributed by atoms with Crippen LogP contribution < -0.4 is 11.0 Å². The summed E-state index contributed by atoms with van der Waals surface area (Å²) >= 11 is 0. The van der Waals surface area contributed by atoms with Crippen LogP contribution in [0.4, 0.5) is 5.95 Å². The van der Waals surface area contributed by atoms with Crippen LogP contribution in [-0.2, 0) is 10.5 Å². The fourth-order valence-corrected chi connectivity index (χ4v) is 2.24. The molecule has 0 bridgehead atoms. The molecule has 0 spiro atoms. The van der Waals surface area contributed by atoms with E-state index in [-0.39, 0.29) is 0 Å². The molecule has 0 aliphatic carbocycles. The van der Waals surface area contributed by atoms with Gasteiger partial charge in [0.1, 0.15) is 23.9 Å². The number of aliphatic hydroxyl groups excluding tert-OH is 3. The highest BCUT2D eigenvalue weighted by Crippen LogP contribution is 2.42. The number of nitrogens with one attached hydrogen (secondary N) is 1. The molecule has 0 unspecified atom stereocenters. The molecule has 1 fully saturated rings. The molecule has 1 aromatic heterocycles. The van der Waals surface area contributed by atoms with Crippen molar-refractivity contribution < 1.29 is 25.3 Å². The van der Waals surface area contributed by atoms with Crippen LogP contribution in [0.3, 0.4) is 0 Å². The monoisotopic (exact) mass is 298 g/mol. The van der Waals surface area contributed by atoms with Crippen molar-refractivity contribution in [2.45, 2.75) is 30.5 Å². The first-order valence-electron chi connectivity index (χ1n) is 5.93. The molecule has 1 aliphatic rings. The Morgan fingerprint density at radius 2 is 2.24 bits per heavy atom. The zero-order valence-corrected chi connectivity index (χ0v) is 11.0. The van der Waals surface area contributed by atoms with Gasteiger partial charge < -0.3 is 20.1 Å². The molecule has 0 amide bonds. The predicted octanol–water partition coefficient (Wildman–Crippen LogP) is -2.28. The van der Waals surface area contributed by atoms with E-state index in [1.165, 1.54) is 6.92 Å². The number of aromatic nitrogens is 2. The third-order valence-corrected chi connectivity index (χ3v) is 3.46. The van der Waals surface area contributed by atoms with Crippen LogP contribution in [0.5, 0.6) is 0 Å². The zero-order valence-electron chi connectivity index (χ0n) is 11.0. The van der Waals surface area contributed by atoms with Crippen molar-refractivity contribution >= 4 is 5.95 Å². The normalized spacial score (nSPS) is 35.4. The molecule has 0 saturated carbocycles. The van der Waals surface area contributed by atoms with Crippen molar-refractivity contribution in [3.63, 3.8) is 0 Å². The minimum absolute atomic E-state index is 0.461. The molecule has 10 nitrogen and oxygen atoms in total. The molecule has 5 N–H and O–H groups in total. The first-order valence-corrected chi connectivity index (χ1v) is 5.93. The Kier molecular flexibility index (Phi) is 3.70. The number of rotatable bonds is 3. The Morgan fingerprint density at radius 1 is 1.57 bits per heavy atom. The molecule has 114 valence electrons. The summed E-state index contributed by atoms with van der Waals surface area (Å²) < 4.78 is 6.25. The van der Waals surface area contributed by atoms with Gasteiger partial charge in [0, 0.05) is 12.3 Å². The molecule has 21 heavy (non-hydrogen) atoms. The Labute approximate surface area is 118 Å². The summed E-state index contributed by atoms with van der Waals surface area (Å²) in [6, 6.07) is 2.67. The van der Waals surface area contributed by atoms with Crippen LogP contribution >= 0.6 is 0 Å². The van der Waals surface area contributed by atoms with Crippen LogP contribution in [0.25, 0.3) is 0 Å². The van der Waals surface area contributed by atoms with Gasteiger partial charge in [-0.15, -0.1) is 0 Å². The van der Waals surface area contributed by atoms with Crippen molar-refractivity contribution in [2.24, 2.45) is 0 Å². The fraction of sp³-hybridized carbons (Fsp3) is 0.545. The minimum atomic E-state index is -2.18. The van der Waals surface area contributed by atoms with E-state index in [0.717, 1.165) is 16.8 Å². The first kappa shape index (κ1) is 15.4. The topological polar surface area (TPSA) is 161 Å². The Balaban J connectivity index is 2.64. The second kappa shape index (κ2) is 5.06. The summed E-state index contributed by atoms with van der Waals surface area (Å²) in [6.45, 7) is 0.645. The molecule has 2 heterocycles. The fourth-order valence-electron chi connectivity index (χ4n) is 2.24. The number of aliphatic hydroxyl groups is 3. The maximum absolute atomic E-state index is 11.2. The summed E-state index contributed by atoms with van der Waals surface area (Å²) in [5, 5.41) is 47.9. The quantitative estimate of drug-likeness (QED) is 0.387. The summed E-state index contributed by atoms with van der Waals surface area (Å²) in [5.41, 5.74) is -2.87. The summed E-state index contributed by atoms with van der Waals surface area (Å²) in [7, 11) is 0. The smallest absolute Gasteiger partial charge is 0.274 e. The van der Waals surface area contributed by atoms with Crippen LogP contribution in [0.1, 0.15) is 6.92 Å². The molecule has 2 rings (SSSR count). The van der Waals surface area contributed by atoms with Gasteiger partial charge in [0.25, 0.3) is 11.3 Å². The van der Waals surface area contributed by atoms with Gasteiger partial charge in [-0.3, -0.25) is 14.6 Å². The van der Waals surface area contributed by atoms with Crippen molar-refractivity contribution in [1.29, 1.82) is 5.26 Å². The summed E-state index contributed by atoms with van der Waals surface area (Å²) in [5.74, 6) is -0.461. The lowest BCUT2D eigenvalue weighted by Gasteiger charge is -2.30. The van der Waals surface area contributed by atoms with E-state index < -0.39 is 41.6 Å². The Morgan fingerprint density at radius 3 is 2.71 bits per heavy atom. The highest BCUT2D eigenvalue weighted by Gasteiger charge is 2.62. The second-order valence-corrected chi connectivity index (χ2v) is 4.84. The maximum Gasteiger partial charge on any atom is 0.274 e. The van der Waals surface area contributed by atoms with E-state index in [9.17, 15) is 25.4 Å². The zero-order chi connectivity index (χ0) is 15.8. The third kappa shape index (κ3) is 2.08. The minimum Gasteiger partial charge on any atom is -0.393 e. The highest BCUT2D eigenvalue weighted by atomic mass is 16.6. The molecule has 10 heteroatoms. The van der Waals surface area contributed by atoms with E-state index in [1.807, 2.05) is 0 Å². The Bertz CT molecular complexity index is 642. The molecular formula is C11H14N4O6. The van der Waals surface area contributed by atoms with Gasteiger partial charge in [0.05, 0.1) is 6.61 Å². The largest absolute Gasteiger partial charge is 0.393 e. The number of nitriles is 1. The van der Waals surface area contributed by atoms with Crippen LogP contribution in [-0.4, -0.2) is 54.5 Å². The van der Waals surface area contributed by atoms with E-state index in [1.54, 1.807) is 11.5 Å². The standard InChI is InChI=1S/C11H14N4O6/c1-10(5-16)7(18)8(19)11(4-12,21-10)15-3-2-6(17)13-9(15)14-20/h2-3,7-8,16,18-20H,5H2,1H3,(H,13,14,17)/t7-,8+,10+,11+/m0/s1. The average Bonchev–Trinajstić information content (AvgIpc) is 2.69.